The molecule has 0 bridgehead atoms. The monoisotopic (exact) mass is 963 g/mol. The highest BCUT2D eigenvalue weighted by Crippen LogP contribution is 2.11. The minimum Gasteiger partial charge on any atom is -0.462 e. The Morgan fingerprint density at radius 2 is 0.671 bits per heavy atom. The molecular weight excluding hydrogens is 861 g/mol. The number of unbranched alkanes of at least 4 members (excludes halogenated alkanes) is 12. The first-order valence-corrected chi connectivity index (χ1v) is 28.0. The van der Waals surface area contributed by atoms with Crippen LogP contribution in [0.5, 0.6) is 0 Å². The van der Waals surface area contributed by atoms with Crippen LogP contribution in [-0.2, 0) is 23.8 Å². The van der Waals surface area contributed by atoms with E-state index < -0.39 is 6.10 Å². The Labute approximate surface area is 431 Å². The van der Waals surface area contributed by atoms with Gasteiger partial charge in [-0.15, -0.1) is 0 Å². The van der Waals surface area contributed by atoms with Crippen molar-refractivity contribution >= 4 is 11.9 Å². The first-order chi connectivity index (χ1) is 34.6. The highest BCUT2D eigenvalue weighted by Gasteiger charge is 2.17. The number of allylic oxidation sites excluding steroid dienone is 26. The summed E-state index contributed by atoms with van der Waals surface area (Å²) < 4.78 is 17.3. The molecule has 0 aliphatic heterocycles. The van der Waals surface area contributed by atoms with E-state index in [0.717, 1.165) is 135 Å². The highest BCUT2D eigenvalue weighted by atomic mass is 16.6. The lowest BCUT2D eigenvalue weighted by atomic mass is 10.1. The van der Waals surface area contributed by atoms with Gasteiger partial charge < -0.3 is 14.2 Å². The maximum Gasteiger partial charge on any atom is 0.306 e. The third-order valence-electron chi connectivity index (χ3n) is 11.0. The number of ether oxygens (including phenoxy) is 3. The van der Waals surface area contributed by atoms with Crippen molar-refractivity contribution in [1.29, 1.82) is 0 Å². The molecule has 5 nitrogen and oxygen atoms in total. The zero-order valence-electron chi connectivity index (χ0n) is 45.0. The summed E-state index contributed by atoms with van der Waals surface area (Å²) in [6.07, 6.45) is 87.0. The van der Waals surface area contributed by atoms with Crippen molar-refractivity contribution in [2.75, 3.05) is 19.8 Å². The number of esters is 2. The Balaban J connectivity index is 4.50. The Bertz CT molecular complexity index is 1560. The van der Waals surface area contributed by atoms with Gasteiger partial charge in [0, 0.05) is 19.4 Å². The molecule has 0 fully saturated rings. The quantitative estimate of drug-likeness (QED) is 0.0345. The number of carbonyl (C=O) groups excluding carboxylic acids is 2. The lowest BCUT2D eigenvalue weighted by Crippen LogP contribution is -2.30. The molecule has 5 heteroatoms. The van der Waals surface area contributed by atoms with Crippen molar-refractivity contribution < 1.29 is 23.8 Å². The summed E-state index contributed by atoms with van der Waals surface area (Å²) in [5.74, 6) is -0.537. The fourth-order valence-corrected chi connectivity index (χ4v) is 6.94. The van der Waals surface area contributed by atoms with Gasteiger partial charge in [-0.25, -0.2) is 0 Å². The lowest BCUT2D eigenvalue weighted by molar-refractivity contribution is -0.162. The molecule has 0 heterocycles. The topological polar surface area (TPSA) is 61.8 Å². The predicted octanol–water partition coefficient (Wildman–Crippen LogP) is 19.5. The van der Waals surface area contributed by atoms with E-state index in [1.54, 1.807) is 0 Å². The minimum atomic E-state index is -0.601. The van der Waals surface area contributed by atoms with Crippen LogP contribution in [-0.4, -0.2) is 37.9 Å². The first-order valence-electron chi connectivity index (χ1n) is 28.0. The van der Waals surface area contributed by atoms with Gasteiger partial charge in [-0.05, 0) is 135 Å². The number of rotatable bonds is 49. The van der Waals surface area contributed by atoms with Crippen molar-refractivity contribution in [1.82, 2.24) is 0 Å². The third kappa shape index (κ3) is 56.1. The molecule has 0 aromatic rings. The molecule has 0 radical (unpaired) electrons. The third-order valence-corrected chi connectivity index (χ3v) is 11.0. The van der Waals surface area contributed by atoms with E-state index in [4.69, 9.17) is 14.2 Å². The van der Waals surface area contributed by atoms with Crippen LogP contribution in [0.15, 0.2) is 158 Å². The summed E-state index contributed by atoms with van der Waals surface area (Å²) in [5.41, 5.74) is 0. The second kappa shape index (κ2) is 58.8. The summed E-state index contributed by atoms with van der Waals surface area (Å²) in [6, 6.07) is 0. The largest absolute Gasteiger partial charge is 0.462 e. The molecular formula is C65H102O5. The molecule has 0 N–H and O–H groups in total. The molecule has 0 rings (SSSR count). The number of hydrogen-bond donors (Lipinski definition) is 0. The first kappa shape index (κ1) is 65.5. The van der Waals surface area contributed by atoms with Gasteiger partial charge in [0.15, 0.2) is 6.10 Å². The van der Waals surface area contributed by atoms with Gasteiger partial charge >= 0.3 is 11.9 Å². The van der Waals surface area contributed by atoms with Crippen LogP contribution >= 0.6 is 0 Å². The Kier molecular flexibility index (Phi) is 55.1. The van der Waals surface area contributed by atoms with Crippen LogP contribution in [0.3, 0.4) is 0 Å². The van der Waals surface area contributed by atoms with E-state index in [2.05, 4.69) is 173 Å². The molecule has 0 aliphatic rings. The Hall–Kier alpha value is -4.48. The fourth-order valence-electron chi connectivity index (χ4n) is 6.94. The molecule has 0 saturated carbocycles. The second-order valence-corrected chi connectivity index (χ2v) is 17.7. The molecule has 1 atom stereocenters. The van der Waals surface area contributed by atoms with Crippen LogP contribution in [0.4, 0.5) is 0 Å². The predicted molar refractivity (Wildman–Crippen MR) is 306 cm³/mol. The number of carbonyl (C=O) groups is 2. The standard InChI is InChI=1S/C65H102O5/c1-4-7-10-13-16-19-22-25-28-30-32-34-36-39-42-45-48-51-54-57-60-68-61-63(70-65(67)59-56-53-50-47-44-41-37-27-24-21-18-15-12-9-6-3)62-69-64(66)58-55-52-49-46-43-40-38-35-33-31-29-26-23-20-17-14-11-8-5-2/h7-8,10-11,16-21,25-29,32-35,37,39-40,42-43,49,52,63H,4-6,9,12-15,22-24,30-31,36,38,41,44-48,50-51,53-62H2,1-3H3/b10-7-,11-8-,19-16-,20-17-,21-18-,28-25-,29-26-,34-32-,35-33-,37-27-,42-39-,43-40-,52-49-. The van der Waals surface area contributed by atoms with E-state index >= 15 is 0 Å². The maximum absolute atomic E-state index is 12.8. The van der Waals surface area contributed by atoms with E-state index in [9.17, 15) is 9.59 Å². The van der Waals surface area contributed by atoms with Crippen molar-refractivity contribution in [3.05, 3.63) is 158 Å². The highest BCUT2D eigenvalue weighted by molar-refractivity contribution is 5.70. The Morgan fingerprint density at radius 3 is 1.09 bits per heavy atom. The SMILES string of the molecule is CC/C=C\C/C=C\C/C=C\C/C=C\C/C=C\C/C=C\CCC(=O)OCC(COCCCCCC/C=C\C/C=C\C/C=C\C/C=C\C/C=C\CC)OC(=O)CCCCCCC/C=C\C/C=C\CCCCC. The van der Waals surface area contributed by atoms with Crippen LogP contribution in [0.1, 0.15) is 213 Å². The summed E-state index contributed by atoms with van der Waals surface area (Å²) in [7, 11) is 0. The molecule has 0 aliphatic carbocycles. The summed E-state index contributed by atoms with van der Waals surface area (Å²) in [5, 5.41) is 0. The van der Waals surface area contributed by atoms with Gasteiger partial charge in [-0.3, -0.25) is 9.59 Å². The molecule has 0 saturated heterocycles. The molecule has 0 aromatic carbocycles. The van der Waals surface area contributed by atoms with Crippen molar-refractivity contribution in [3.63, 3.8) is 0 Å². The zero-order valence-corrected chi connectivity index (χ0v) is 45.0. The second-order valence-electron chi connectivity index (χ2n) is 17.7. The molecule has 70 heavy (non-hydrogen) atoms. The molecule has 0 aromatic heterocycles. The van der Waals surface area contributed by atoms with E-state index in [1.165, 1.54) is 38.5 Å². The molecule has 1 unspecified atom stereocenters. The molecule has 392 valence electrons. The molecule has 0 spiro atoms. The summed E-state index contributed by atoms with van der Waals surface area (Å²) >= 11 is 0. The van der Waals surface area contributed by atoms with Crippen molar-refractivity contribution in [2.45, 2.75) is 219 Å². The van der Waals surface area contributed by atoms with Gasteiger partial charge in [0.25, 0.3) is 0 Å². The van der Waals surface area contributed by atoms with Crippen LogP contribution in [0.25, 0.3) is 0 Å². The zero-order chi connectivity index (χ0) is 50.6. The molecule has 0 amide bonds. The Morgan fingerprint density at radius 1 is 0.329 bits per heavy atom. The van der Waals surface area contributed by atoms with Gasteiger partial charge in [-0.1, -0.05) is 224 Å². The van der Waals surface area contributed by atoms with Crippen molar-refractivity contribution in [2.24, 2.45) is 0 Å². The average molecular weight is 964 g/mol. The normalized spacial score (nSPS) is 13.5. The van der Waals surface area contributed by atoms with Gasteiger partial charge in [0.05, 0.1) is 6.61 Å². The smallest absolute Gasteiger partial charge is 0.306 e. The van der Waals surface area contributed by atoms with Crippen LogP contribution in [0, 0.1) is 0 Å². The number of hydrogen-bond acceptors (Lipinski definition) is 5. The fraction of sp³-hybridized carbons (Fsp3) is 0.569. The summed E-state index contributed by atoms with van der Waals surface area (Å²) in [6.45, 7) is 7.40. The lowest BCUT2D eigenvalue weighted by Gasteiger charge is -2.18. The van der Waals surface area contributed by atoms with E-state index in [1.807, 2.05) is 6.08 Å². The van der Waals surface area contributed by atoms with Gasteiger partial charge in [0.1, 0.15) is 6.61 Å². The van der Waals surface area contributed by atoms with Gasteiger partial charge in [-0.2, -0.15) is 0 Å². The van der Waals surface area contributed by atoms with E-state index in [-0.39, 0.29) is 31.6 Å². The van der Waals surface area contributed by atoms with Crippen LogP contribution < -0.4 is 0 Å². The minimum absolute atomic E-state index is 0.0176. The summed E-state index contributed by atoms with van der Waals surface area (Å²) in [4.78, 5) is 25.5. The van der Waals surface area contributed by atoms with Crippen molar-refractivity contribution in [3.8, 4) is 0 Å². The van der Waals surface area contributed by atoms with Crippen LogP contribution in [0.2, 0.25) is 0 Å². The van der Waals surface area contributed by atoms with E-state index in [0.29, 0.717) is 19.4 Å². The van der Waals surface area contributed by atoms with Gasteiger partial charge in [0.2, 0.25) is 0 Å². The maximum atomic E-state index is 12.8. The average Bonchev–Trinajstić information content (AvgIpc) is 3.36.